The number of nitrogens with one attached hydrogen (secondary N) is 1. The van der Waals surface area contributed by atoms with Crippen LogP contribution in [0.5, 0.6) is 11.5 Å². The van der Waals surface area contributed by atoms with Gasteiger partial charge < -0.3 is 14.5 Å². The van der Waals surface area contributed by atoms with Gasteiger partial charge in [-0.2, -0.15) is 0 Å². The predicted octanol–water partition coefficient (Wildman–Crippen LogP) is 4.43. The van der Waals surface area contributed by atoms with Gasteiger partial charge in [-0.1, -0.05) is 37.2 Å². The summed E-state index contributed by atoms with van der Waals surface area (Å²) in [4.78, 5) is 7.65. The number of H-pyrrole nitrogens is 1. The van der Waals surface area contributed by atoms with Gasteiger partial charge in [-0.3, -0.25) is 0 Å². The van der Waals surface area contributed by atoms with Gasteiger partial charge in [-0.25, -0.2) is 4.98 Å². The van der Waals surface area contributed by atoms with Crippen molar-refractivity contribution in [3.63, 3.8) is 0 Å². The second kappa shape index (κ2) is 6.91. The second-order valence-corrected chi connectivity index (χ2v) is 5.36. The number of rotatable bonds is 5. The summed E-state index contributed by atoms with van der Waals surface area (Å²) >= 11 is 11.5. The number of aromatic amines is 1. The number of benzene rings is 1. The van der Waals surface area contributed by atoms with Crippen LogP contribution in [0.1, 0.15) is 19.0 Å². The van der Waals surface area contributed by atoms with Crippen LogP contribution in [0.15, 0.2) is 18.2 Å². The van der Waals surface area contributed by atoms with Gasteiger partial charge in [0, 0.05) is 11.3 Å². The van der Waals surface area contributed by atoms with Gasteiger partial charge in [0.2, 0.25) is 0 Å². The molecule has 0 unspecified atom stereocenters. The number of nitrogens with zero attached hydrogens (tertiary/aromatic N) is 1. The van der Waals surface area contributed by atoms with E-state index in [1.165, 1.54) is 0 Å². The first-order chi connectivity index (χ1) is 10.1. The molecule has 6 heteroatoms. The third kappa shape index (κ3) is 3.54. The van der Waals surface area contributed by atoms with E-state index in [0.29, 0.717) is 27.0 Å². The molecule has 0 saturated heterocycles. The number of methoxy groups -OCH3 is 2. The van der Waals surface area contributed by atoms with Crippen LogP contribution in [0.3, 0.4) is 0 Å². The Balaban J connectivity index is 2.56. The molecule has 0 saturated carbocycles. The number of hydrogen-bond acceptors (Lipinski definition) is 4. The van der Waals surface area contributed by atoms with Crippen LogP contribution in [0, 0.1) is 4.64 Å². The van der Waals surface area contributed by atoms with E-state index in [1.54, 1.807) is 20.3 Å². The molecular formula is C15H17ClN2O2S. The molecule has 1 N–H and O–H groups in total. The molecule has 21 heavy (non-hydrogen) atoms. The summed E-state index contributed by atoms with van der Waals surface area (Å²) in [6, 6.07) is 5.49. The first kappa shape index (κ1) is 15.8. The van der Waals surface area contributed by atoms with E-state index >= 15 is 0 Å². The summed E-state index contributed by atoms with van der Waals surface area (Å²) in [7, 11) is 3.12. The molecule has 4 nitrogen and oxygen atoms in total. The van der Waals surface area contributed by atoms with E-state index in [-0.39, 0.29) is 0 Å². The zero-order valence-electron chi connectivity index (χ0n) is 12.2. The third-order valence-electron chi connectivity index (χ3n) is 3.03. The Morgan fingerprint density at radius 3 is 2.62 bits per heavy atom. The van der Waals surface area contributed by atoms with E-state index in [4.69, 9.17) is 33.3 Å². The van der Waals surface area contributed by atoms with Crippen molar-refractivity contribution < 1.29 is 9.47 Å². The highest BCUT2D eigenvalue weighted by molar-refractivity contribution is 7.71. The topological polar surface area (TPSA) is 47.1 Å². The van der Waals surface area contributed by atoms with E-state index < -0.39 is 0 Å². The van der Waals surface area contributed by atoms with Crippen LogP contribution in [-0.2, 0) is 6.42 Å². The Morgan fingerprint density at radius 1 is 1.24 bits per heavy atom. The highest BCUT2D eigenvalue weighted by Crippen LogP contribution is 2.38. The summed E-state index contributed by atoms with van der Waals surface area (Å²) in [6.07, 6.45) is 1.95. The molecule has 0 atom stereocenters. The maximum Gasteiger partial charge on any atom is 0.179 e. The molecule has 0 aliphatic heterocycles. The standard InChI is InChI=1S/C15H17ClN2O2S/c1-4-5-10-8-13(21)18-15(17-10)9-6-11(16)14(20-3)12(7-9)19-2/h6-8H,4-5H2,1-3H3,(H,17,18,21). The van der Waals surface area contributed by atoms with Crippen molar-refractivity contribution in [1.29, 1.82) is 0 Å². The van der Waals surface area contributed by atoms with Gasteiger partial charge in [-0.05, 0) is 24.6 Å². The molecule has 0 fully saturated rings. The van der Waals surface area contributed by atoms with Gasteiger partial charge in [0.15, 0.2) is 11.5 Å². The number of hydrogen-bond donors (Lipinski definition) is 1. The Morgan fingerprint density at radius 2 is 2.00 bits per heavy atom. The minimum Gasteiger partial charge on any atom is -0.493 e. The molecule has 1 aromatic carbocycles. The molecule has 0 aliphatic carbocycles. The number of ether oxygens (including phenoxy) is 2. The molecule has 0 amide bonds. The molecule has 2 rings (SSSR count). The summed E-state index contributed by atoms with van der Waals surface area (Å²) in [5.41, 5.74) is 1.86. The van der Waals surface area contributed by atoms with Gasteiger partial charge in [0.05, 0.1) is 19.2 Å². The van der Waals surface area contributed by atoms with E-state index in [9.17, 15) is 0 Å². The van der Waals surface area contributed by atoms with Gasteiger partial charge in [-0.15, -0.1) is 0 Å². The molecule has 1 heterocycles. The van der Waals surface area contributed by atoms with Crippen molar-refractivity contribution in [2.45, 2.75) is 19.8 Å². The highest BCUT2D eigenvalue weighted by Gasteiger charge is 2.13. The van der Waals surface area contributed by atoms with E-state index in [1.807, 2.05) is 12.1 Å². The Kier molecular flexibility index (Phi) is 5.20. The Bertz CT molecular complexity index is 701. The van der Waals surface area contributed by atoms with Crippen molar-refractivity contribution in [2.24, 2.45) is 0 Å². The lowest BCUT2D eigenvalue weighted by atomic mass is 10.1. The molecule has 0 aliphatic rings. The summed E-state index contributed by atoms with van der Waals surface area (Å²) in [5.74, 6) is 1.74. The lowest BCUT2D eigenvalue weighted by molar-refractivity contribution is 0.355. The van der Waals surface area contributed by atoms with Crippen molar-refractivity contribution in [3.05, 3.63) is 33.6 Å². The molecule has 0 spiro atoms. The lowest BCUT2D eigenvalue weighted by Gasteiger charge is -2.12. The van der Waals surface area contributed by atoms with E-state index in [2.05, 4.69) is 16.9 Å². The summed E-state index contributed by atoms with van der Waals surface area (Å²) in [5, 5.41) is 0.467. The van der Waals surface area contributed by atoms with E-state index in [0.717, 1.165) is 24.1 Å². The number of aryl methyl sites for hydroxylation is 1. The average molecular weight is 325 g/mol. The average Bonchev–Trinajstić information content (AvgIpc) is 2.46. The first-order valence-corrected chi connectivity index (χ1v) is 7.39. The fraction of sp³-hybridized carbons (Fsp3) is 0.333. The molecule has 1 aromatic heterocycles. The monoisotopic (exact) mass is 324 g/mol. The van der Waals surface area contributed by atoms with Gasteiger partial charge >= 0.3 is 0 Å². The molecule has 0 radical (unpaired) electrons. The largest absolute Gasteiger partial charge is 0.493 e. The SMILES string of the molecule is CCCc1cc(=S)nc(-c2cc(Cl)c(OC)c(OC)c2)[nH]1. The van der Waals surface area contributed by atoms with Crippen molar-refractivity contribution in [1.82, 2.24) is 9.97 Å². The van der Waals surface area contributed by atoms with Crippen LogP contribution < -0.4 is 9.47 Å². The van der Waals surface area contributed by atoms with Gasteiger partial charge in [0.25, 0.3) is 0 Å². The summed E-state index contributed by atoms with van der Waals surface area (Å²) < 4.78 is 11.1. The maximum absolute atomic E-state index is 6.23. The maximum atomic E-state index is 6.23. The summed E-state index contributed by atoms with van der Waals surface area (Å²) in [6.45, 7) is 2.12. The number of aromatic nitrogens is 2. The zero-order chi connectivity index (χ0) is 15.4. The van der Waals surface area contributed by atoms with Crippen LogP contribution >= 0.6 is 23.8 Å². The lowest BCUT2D eigenvalue weighted by Crippen LogP contribution is -1.98. The molecule has 112 valence electrons. The molecule has 0 bridgehead atoms. The van der Waals surface area contributed by atoms with Crippen molar-refractivity contribution in [2.75, 3.05) is 14.2 Å². The fourth-order valence-electron chi connectivity index (χ4n) is 2.10. The van der Waals surface area contributed by atoms with Crippen LogP contribution in [-0.4, -0.2) is 24.2 Å². The number of halogens is 1. The van der Waals surface area contributed by atoms with Gasteiger partial charge in [0.1, 0.15) is 10.5 Å². The predicted molar refractivity (Wildman–Crippen MR) is 87.0 cm³/mol. The fourth-order valence-corrected chi connectivity index (χ4v) is 2.62. The normalized spacial score (nSPS) is 10.5. The van der Waals surface area contributed by atoms with Crippen LogP contribution in [0.25, 0.3) is 11.4 Å². The first-order valence-electron chi connectivity index (χ1n) is 6.61. The quantitative estimate of drug-likeness (QED) is 0.826. The highest BCUT2D eigenvalue weighted by atomic mass is 35.5. The third-order valence-corrected chi connectivity index (χ3v) is 3.51. The van der Waals surface area contributed by atoms with Crippen molar-refractivity contribution >= 4 is 23.8 Å². The second-order valence-electron chi connectivity index (χ2n) is 4.54. The minimum atomic E-state index is 0.467. The molecular weight excluding hydrogens is 308 g/mol. The Labute approximate surface area is 134 Å². The van der Waals surface area contributed by atoms with Crippen LogP contribution in [0.2, 0.25) is 5.02 Å². The van der Waals surface area contributed by atoms with Crippen LogP contribution in [0.4, 0.5) is 0 Å². The minimum absolute atomic E-state index is 0.467. The van der Waals surface area contributed by atoms with Crippen molar-refractivity contribution in [3.8, 4) is 22.9 Å². The Hall–Kier alpha value is -1.59. The zero-order valence-corrected chi connectivity index (χ0v) is 13.8. The molecule has 2 aromatic rings. The smallest absolute Gasteiger partial charge is 0.179 e.